The van der Waals surface area contributed by atoms with Crippen LogP contribution in [0, 0.1) is 17.8 Å². The molecule has 0 aromatic carbocycles. The minimum Gasteiger partial charge on any atom is -0.390 e. The summed E-state index contributed by atoms with van der Waals surface area (Å²) < 4.78 is 0. The van der Waals surface area contributed by atoms with E-state index in [2.05, 4.69) is 13.8 Å². The molecule has 0 spiro atoms. The van der Waals surface area contributed by atoms with Crippen molar-refractivity contribution in [2.24, 2.45) is 17.8 Å². The lowest BCUT2D eigenvalue weighted by molar-refractivity contribution is -0.0401. The molecular weight excluding hydrogens is 184 g/mol. The summed E-state index contributed by atoms with van der Waals surface area (Å²) in [6.07, 6.45) is 7.69. The van der Waals surface area contributed by atoms with Crippen molar-refractivity contribution in [2.45, 2.75) is 71.8 Å². The Labute approximate surface area is 95.3 Å². The van der Waals surface area contributed by atoms with Crippen molar-refractivity contribution in [1.82, 2.24) is 0 Å². The number of hydrogen-bond acceptors (Lipinski definition) is 1. The fourth-order valence-corrected chi connectivity index (χ4v) is 2.85. The van der Waals surface area contributed by atoms with Crippen LogP contribution in [-0.4, -0.2) is 10.7 Å². The molecule has 0 amide bonds. The molecule has 0 aliphatic heterocycles. The monoisotopic (exact) mass is 212 g/mol. The molecule has 1 N–H and O–H groups in total. The van der Waals surface area contributed by atoms with Gasteiger partial charge in [-0.05, 0) is 50.4 Å². The highest BCUT2D eigenvalue weighted by molar-refractivity contribution is 4.96. The van der Waals surface area contributed by atoms with Crippen molar-refractivity contribution >= 4 is 0 Å². The molecule has 1 nitrogen and oxygen atoms in total. The van der Waals surface area contributed by atoms with Crippen LogP contribution in [0.15, 0.2) is 0 Å². The lowest BCUT2D eigenvalue weighted by Gasteiger charge is -2.37. The summed E-state index contributed by atoms with van der Waals surface area (Å²) in [5.41, 5.74) is -0.333. The molecule has 0 saturated heterocycles. The first kappa shape index (κ1) is 13.0. The predicted octanol–water partition coefficient (Wildman–Crippen LogP) is 4.00. The van der Waals surface area contributed by atoms with Gasteiger partial charge in [0.25, 0.3) is 0 Å². The van der Waals surface area contributed by atoms with E-state index < -0.39 is 0 Å². The number of aliphatic hydroxyl groups is 1. The predicted molar refractivity (Wildman–Crippen MR) is 65.8 cm³/mol. The van der Waals surface area contributed by atoms with Gasteiger partial charge in [-0.2, -0.15) is 0 Å². The zero-order chi connectivity index (χ0) is 11.5. The highest BCUT2D eigenvalue weighted by Gasteiger charge is 2.45. The number of rotatable bonds is 2. The Morgan fingerprint density at radius 3 is 1.53 bits per heavy atom. The SMILES string of the molecule is CC.CC1CCC(C(C)(O)C2CC2)CC1. The molecule has 0 aromatic rings. The van der Waals surface area contributed by atoms with Crippen LogP contribution in [0.1, 0.15) is 66.2 Å². The van der Waals surface area contributed by atoms with E-state index in [-0.39, 0.29) is 5.60 Å². The molecule has 1 heteroatoms. The van der Waals surface area contributed by atoms with Crippen LogP contribution in [0.2, 0.25) is 0 Å². The third-order valence-electron chi connectivity index (χ3n) is 4.25. The zero-order valence-corrected chi connectivity index (χ0v) is 10.9. The third kappa shape index (κ3) is 3.21. The Morgan fingerprint density at radius 1 is 0.867 bits per heavy atom. The quantitative estimate of drug-likeness (QED) is 0.733. The zero-order valence-electron chi connectivity index (χ0n) is 10.9. The molecule has 90 valence electrons. The fraction of sp³-hybridized carbons (Fsp3) is 1.00. The minimum atomic E-state index is -0.333. The standard InChI is InChI=1S/C12H22O.C2H6/c1-9-3-5-10(6-4-9)12(2,13)11-7-8-11;1-2/h9-11,13H,3-8H2,1-2H3;1-2H3. The molecule has 0 bridgehead atoms. The second kappa shape index (κ2) is 5.34. The normalized spacial score (nSPS) is 35.0. The molecule has 2 fully saturated rings. The highest BCUT2D eigenvalue weighted by Crippen LogP contribution is 2.47. The first-order valence-electron chi connectivity index (χ1n) is 6.83. The second-order valence-corrected chi connectivity index (χ2v) is 5.46. The Hall–Kier alpha value is -0.0400. The highest BCUT2D eigenvalue weighted by atomic mass is 16.3. The fourth-order valence-electron chi connectivity index (χ4n) is 2.85. The van der Waals surface area contributed by atoms with E-state index >= 15 is 0 Å². The van der Waals surface area contributed by atoms with Crippen molar-refractivity contribution in [2.75, 3.05) is 0 Å². The minimum absolute atomic E-state index is 0.333. The van der Waals surface area contributed by atoms with Gasteiger partial charge >= 0.3 is 0 Å². The Morgan fingerprint density at radius 2 is 1.20 bits per heavy atom. The maximum atomic E-state index is 10.4. The molecule has 2 aliphatic rings. The van der Waals surface area contributed by atoms with Gasteiger partial charge in [0.05, 0.1) is 5.60 Å². The van der Waals surface area contributed by atoms with Gasteiger partial charge in [-0.3, -0.25) is 0 Å². The van der Waals surface area contributed by atoms with Crippen LogP contribution in [0.3, 0.4) is 0 Å². The van der Waals surface area contributed by atoms with Gasteiger partial charge in [0, 0.05) is 0 Å². The molecule has 0 heterocycles. The molecule has 2 aliphatic carbocycles. The molecule has 0 radical (unpaired) electrons. The lowest BCUT2D eigenvalue weighted by atomic mass is 9.73. The summed E-state index contributed by atoms with van der Waals surface area (Å²) in [6, 6.07) is 0. The molecule has 1 unspecified atom stereocenters. The average Bonchev–Trinajstić information content (AvgIpc) is 3.05. The summed E-state index contributed by atoms with van der Waals surface area (Å²) >= 11 is 0. The van der Waals surface area contributed by atoms with Gasteiger partial charge in [-0.1, -0.05) is 33.6 Å². The van der Waals surface area contributed by atoms with Crippen molar-refractivity contribution in [3.8, 4) is 0 Å². The maximum Gasteiger partial charge on any atom is 0.0675 e. The van der Waals surface area contributed by atoms with Gasteiger partial charge in [-0.25, -0.2) is 0 Å². The van der Waals surface area contributed by atoms with Gasteiger partial charge in [0.2, 0.25) is 0 Å². The maximum absolute atomic E-state index is 10.4. The van der Waals surface area contributed by atoms with Gasteiger partial charge in [0.1, 0.15) is 0 Å². The summed E-state index contributed by atoms with van der Waals surface area (Å²) in [5, 5.41) is 10.4. The van der Waals surface area contributed by atoms with Crippen LogP contribution < -0.4 is 0 Å². The van der Waals surface area contributed by atoms with E-state index in [9.17, 15) is 5.11 Å². The van der Waals surface area contributed by atoms with Crippen LogP contribution >= 0.6 is 0 Å². The lowest BCUT2D eigenvalue weighted by Crippen LogP contribution is -2.38. The topological polar surface area (TPSA) is 20.2 Å². The summed E-state index contributed by atoms with van der Waals surface area (Å²) in [5.74, 6) is 2.12. The van der Waals surface area contributed by atoms with Gasteiger partial charge in [-0.15, -0.1) is 0 Å². The van der Waals surface area contributed by atoms with Crippen LogP contribution in [0.4, 0.5) is 0 Å². The Balaban J connectivity index is 0.000000531. The van der Waals surface area contributed by atoms with E-state index in [0.717, 1.165) is 5.92 Å². The van der Waals surface area contributed by atoms with E-state index in [1.54, 1.807) is 0 Å². The Bertz CT molecular complexity index is 174. The Kier molecular flexibility index (Phi) is 4.64. The smallest absolute Gasteiger partial charge is 0.0675 e. The third-order valence-corrected chi connectivity index (χ3v) is 4.25. The van der Waals surface area contributed by atoms with E-state index in [4.69, 9.17) is 0 Å². The number of hydrogen-bond donors (Lipinski definition) is 1. The second-order valence-electron chi connectivity index (χ2n) is 5.46. The molecule has 15 heavy (non-hydrogen) atoms. The molecule has 2 rings (SSSR count). The largest absolute Gasteiger partial charge is 0.390 e. The van der Waals surface area contributed by atoms with Crippen molar-refractivity contribution in [3.63, 3.8) is 0 Å². The summed E-state index contributed by atoms with van der Waals surface area (Å²) in [4.78, 5) is 0. The van der Waals surface area contributed by atoms with Crippen LogP contribution in [0.25, 0.3) is 0 Å². The molecule has 1 atom stereocenters. The van der Waals surface area contributed by atoms with Crippen LogP contribution in [-0.2, 0) is 0 Å². The molecular formula is C14H28O. The van der Waals surface area contributed by atoms with Gasteiger partial charge in [0.15, 0.2) is 0 Å². The van der Waals surface area contributed by atoms with Crippen LogP contribution in [0.5, 0.6) is 0 Å². The van der Waals surface area contributed by atoms with E-state index in [0.29, 0.717) is 11.8 Å². The van der Waals surface area contributed by atoms with E-state index in [1.165, 1.54) is 38.5 Å². The summed E-state index contributed by atoms with van der Waals surface area (Å²) in [7, 11) is 0. The average molecular weight is 212 g/mol. The first-order chi connectivity index (χ1) is 7.10. The van der Waals surface area contributed by atoms with Gasteiger partial charge < -0.3 is 5.11 Å². The van der Waals surface area contributed by atoms with Crippen molar-refractivity contribution < 1.29 is 5.11 Å². The molecule has 0 aromatic heterocycles. The first-order valence-corrected chi connectivity index (χ1v) is 6.83. The summed E-state index contributed by atoms with van der Waals surface area (Å²) in [6.45, 7) is 8.41. The van der Waals surface area contributed by atoms with E-state index in [1.807, 2.05) is 13.8 Å². The molecule has 2 saturated carbocycles. The van der Waals surface area contributed by atoms with Crippen molar-refractivity contribution in [1.29, 1.82) is 0 Å². The van der Waals surface area contributed by atoms with Crippen molar-refractivity contribution in [3.05, 3.63) is 0 Å².